The van der Waals surface area contributed by atoms with Gasteiger partial charge in [0, 0.05) is 35.4 Å². The summed E-state index contributed by atoms with van der Waals surface area (Å²) in [6.45, 7) is 0. The van der Waals surface area contributed by atoms with Gasteiger partial charge in [0.1, 0.15) is 0 Å². The third kappa shape index (κ3) is 4.51. The minimum Gasteiger partial charge on any atom is -0.366 e. The van der Waals surface area contributed by atoms with E-state index in [4.69, 9.17) is 28.9 Å². The van der Waals surface area contributed by atoms with Crippen LogP contribution in [-0.4, -0.2) is 21.7 Å². The highest BCUT2D eigenvalue weighted by Gasteiger charge is 2.26. The average Bonchev–Trinajstić information content (AvgIpc) is 2.75. The van der Waals surface area contributed by atoms with Gasteiger partial charge in [0.25, 0.3) is 17.3 Å². The third-order valence-electron chi connectivity index (χ3n) is 4.39. The number of anilines is 2. The number of carbonyl (C=O) groups excluding carboxylic acids is 2. The number of amides is 2. The molecule has 0 aliphatic heterocycles. The monoisotopic (exact) mass is 474 g/mol. The molecule has 32 heavy (non-hydrogen) atoms. The van der Waals surface area contributed by atoms with E-state index < -0.39 is 21.7 Å². The van der Waals surface area contributed by atoms with Gasteiger partial charge in [-0.05, 0) is 36.4 Å². The van der Waals surface area contributed by atoms with E-state index in [1.807, 2.05) is 0 Å². The van der Waals surface area contributed by atoms with Crippen molar-refractivity contribution >= 4 is 57.8 Å². The van der Waals surface area contributed by atoms with Gasteiger partial charge >= 0.3 is 0 Å². The van der Waals surface area contributed by atoms with E-state index in [2.05, 4.69) is 0 Å². The van der Waals surface area contributed by atoms with E-state index in [1.54, 1.807) is 0 Å². The Labute approximate surface area is 190 Å². The molecule has 3 aromatic rings. The first kappa shape index (κ1) is 22.7. The lowest BCUT2D eigenvalue weighted by Gasteiger charge is -2.25. The van der Waals surface area contributed by atoms with Gasteiger partial charge in [-0.25, -0.2) is 0 Å². The zero-order valence-corrected chi connectivity index (χ0v) is 17.4. The molecule has 0 bridgehead atoms. The fourth-order valence-electron chi connectivity index (χ4n) is 2.84. The number of nitro benzene ring substituents is 2. The molecular formula is C20H12Cl2N4O6. The van der Waals surface area contributed by atoms with Crippen LogP contribution in [0.15, 0.2) is 60.7 Å². The molecule has 10 nitrogen and oxygen atoms in total. The van der Waals surface area contributed by atoms with Gasteiger partial charge in [-0.1, -0.05) is 23.2 Å². The standard InChI is InChI=1S/C20H12Cl2N4O6/c21-15-9-13(25(29)30)5-7-17(15)24(18-8-6-14(26(31)32)10-16(18)22)20(28)12-3-1-11(2-4-12)19(23)27/h1-10H,(H2,23,27). The lowest BCUT2D eigenvalue weighted by atomic mass is 10.1. The van der Waals surface area contributed by atoms with Gasteiger partial charge in [-0.3, -0.25) is 34.7 Å². The first-order chi connectivity index (χ1) is 15.1. The molecule has 0 saturated heterocycles. The molecule has 0 atom stereocenters. The van der Waals surface area contributed by atoms with Gasteiger partial charge < -0.3 is 5.73 Å². The molecule has 0 heterocycles. The molecule has 0 aliphatic carbocycles. The van der Waals surface area contributed by atoms with E-state index in [9.17, 15) is 29.8 Å². The second-order valence-electron chi connectivity index (χ2n) is 6.37. The van der Waals surface area contributed by atoms with Crippen molar-refractivity contribution in [3.8, 4) is 0 Å². The van der Waals surface area contributed by atoms with Crippen LogP contribution in [0.2, 0.25) is 10.0 Å². The maximum absolute atomic E-state index is 13.4. The lowest BCUT2D eigenvalue weighted by Crippen LogP contribution is -2.26. The number of carbonyl (C=O) groups is 2. The largest absolute Gasteiger partial charge is 0.366 e. The summed E-state index contributed by atoms with van der Waals surface area (Å²) in [7, 11) is 0. The second kappa shape index (κ2) is 9.00. The van der Waals surface area contributed by atoms with Crippen molar-refractivity contribution in [2.24, 2.45) is 5.73 Å². The highest BCUT2D eigenvalue weighted by Crippen LogP contribution is 2.40. The number of rotatable bonds is 6. The zero-order chi connectivity index (χ0) is 23.6. The summed E-state index contributed by atoms with van der Waals surface area (Å²) in [5, 5.41) is 21.8. The molecule has 2 N–H and O–H groups in total. The fraction of sp³-hybridized carbons (Fsp3) is 0. The molecule has 0 spiro atoms. The molecule has 3 rings (SSSR count). The van der Waals surface area contributed by atoms with Crippen LogP contribution in [0.3, 0.4) is 0 Å². The van der Waals surface area contributed by atoms with Crippen molar-refractivity contribution in [2.75, 3.05) is 4.90 Å². The summed E-state index contributed by atoms with van der Waals surface area (Å²) in [5.74, 6) is -1.34. The van der Waals surface area contributed by atoms with Gasteiger partial charge in [0.15, 0.2) is 0 Å². The maximum Gasteiger partial charge on any atom is 0.271 e. The first-order valence-corrected chi connectivity index (χ1v) is 9.48. The van der Waals surface area contributed by atoms with Crippen molar-refractivity contribution in [1.82, 2.24) is 0 Å². The molecule has 0 radical (unpaired) electrons. The van der Waals surface area contributed by atoms with Crippen LogP contribution in [0.25, 0.3) is 0 Å². The van der Waals surface area contributed by atoms with Gasteiger partial charge in [0.05, 0.1) is 31.3 Å². The van der Waals surface area contributed by atoms with Crippen molar-refractivity contribution in [3.63, 3.8) is 0 Å². The SMILES string of the molecule is NC(=O)c1ccc(C(=O)N(c2ccc([N+](=O)[O-])cc2Cl)c2ccc([N+](=O)[O-])cc2Cl)cc1. The molecule has 0 unspecified atom stereocenters. The Morgan fingerprint density at radius 1 is 0.750 bits per heavy atom. The van der Waals surface area contributed by atoms with E-state index in [1.165, 1.54) is 36.4 Å². The number of primary amides is 1. The molecule has 2 amide bonds. The summed E-state index contributed by atoms with van der Waals surface area (Å²) in [6.07, 6.45) is 0. The third-order valence-corrected chi connectivity index (χ3v) is 4.99. The highest BCUT2D eigenvalue weighted by molar-refractivity contribution is 6.37. The Morgan fingerprint density at radius 3 is 1.50 bits per heavy atom. The minimum atomic E-state index is -0.683. The molecule has 0 aliphatic rings. The smallest absolute Gasteiger partial charge is 0.271 e. The van der Waals surface area contributed by atoms with Crippen molar-refractivity contribution < 1.29 is 19.4 Å². The highest BCUT2D eigenvalue weighted by atomic mass is 35.5. The minimum absolute atomic E-state index is 0.0528. The molecular weight excluding hydrogens is 463 g/mol. The Bertz CT molecular complexity index is 1200. The number of benzene rings is 3. The van der Waals surface area contributed by atoms with E-state index in [0.29, 0.717) is 0 Å². The predicted octanol–water partition coefficient (Wildman–Crippen LogP) is 4.89. The molecule has 0 fully saturated rings. The van der Waals surface area contributed by atoms with E-state index >= 15 is 0 Å². The van der Waals surface area contributed by atoms with Crippen LogP contribution < -0.4 is 10.6 Å². The molecule has 3 aromatic carbocycles. The fourth-order valence-corrected chi connectivity index (χ4v) is 3.35. The Kier molecular flexibility index (Phi) is 6.37. The Morgan fingerprint density at radius 2 is 1.16 bits per heavy atom. The number of nitrogens with zero attached hydrogens (tertiary/aromatic N) is 3. The average molecular weight is 475 g/mol. The van der Waals surface area contributed by atoms with Crippen LogP contribution in [0.4, 0.5) is 22.7 Å². The van der Waals surface area contributed by atoms with Crippen LogP contribution in [0.5, 0.6) is 0 Å². The van der Waals surface area contributed by atoms with Crippen LogP contribution in [0.1, 0.15) is 20.7 Å². The summed E-state index contributed by atoms with van der Waals surface area (Å²) in [5.41, 5.74) is 5.01. The Hall–Kier alpha value is -4.02. The van der Waals surface area contributed by atoms with E-state index in [-0.39, 0.29) is 43.9 Å². The molecule has 0 saturated carbocycles. The van der Waals surface area contributed by atoms with Gasteiger partial charge in [-0.15, -0.1) is 0 Å². The Balaban J connectivity index is 2.18. The zero-order valence-electron chi connectivity index (χ0n) is 15.9. The number of hydrogen-bond donors (Lipinski definition) is 1. The molecule has 0 aromatic heterocycles. The second-order valence-corrected chi connectivity index (χ2v) is 7.18. The summed E-state index contributed by atoms with van der Waals surface area (Å²) in [6, 6.07) is 12.3. The number of non-ortho nitro benzene ring substituents is 2. The van der Waals surface area contributed by atoms with Crippen molar-refractivity contribution in [2.45, 2.75) is 0 Å². The van der Waals surface area contributed by atoms with Crippen molar-refractivity contribution in [3.05, 3.63) is 102 Å². The van der Waals surface area contributed by atoms with Crippen LogP contribution in [-0.2, 0) is 0 Å². The number of halogens is 2. The van der Waals surface area contributed by atoms with Crippen LogP contribution in [0, 0.1) is 20.2 Å². The summed E-state index contributed by atoms with van der Waals surface area (Å²) in [4.78, 5) is 46.6. The first-order valence-electron chi connectivity index (χ1n) is 8.72. The number of hydrogen-bond acceptors (Lipinski definition) is 6. The lowest BCUT2D eigenvalue weighted by molar-refractivity contribution is -0.385. The maximum atomic E-state index is 13.4. The van der Waals surface area contributed by atoms with Crippen LogP contribution >= 0.6 is 23.2 Å². The van der Waals surface area contributed by atoms with Gasteiger partial charge in [0.2, 0.25) is 5.91 Å². The quantitative estimate of drug-likeness (QED) is 0.396. The summed E-state index contributed by atoms with van der Waals surface area (Å²) >= 11 is 12.5. The topological polar surface area (TPSA) is 150 Å². The normalized spacial score (nSPS) is 10.4. The molecule has 12 heteroatoms. The predicted molar refractivity (Wildman–Crippen MR) is 118 cm³/mol. The number of nitrogens with two attached hydrogens (primary N) is 1. The van der Waals surface area contributed by atoms with Gasteiger partial charge in [-0.2, -0.15) is 0 Å². The summed E-state index contributed by atoms with van der Waals surface area (Å²) < 4.78 is 0. The van der Waals surface area contributed by atoms with E-state index in [0.717, 1.165) is 29.2 Å². The van der Waals surface area contributed by atoms with Crippen molar-refractivity contribution in [1.29, 1.82) is 0 Å². The molecule has 162 valence electrons. The number of nitro groups is 2.